The van der Waals surface area contributed by atoms with Crippen LogP contribution < -0.4 is 26.4 Å². The molecule has 1 spiro atoms. The number of carbonyl (C=O) groups excluding carboxylic acids is 1. The molecule has 5 rings (SSSR count). The summed E-state index contributed by atoms with van der Waals surface area (Å²) >= 11 is 0. The highest BCUT2D eigenvalue weighted by Crippen LogP contribution is 2.42. The average Bonchev–Trinajstić information content (AvgIpc) is 2.83. The number of carbonyl (C=O) groups is 1. The summed E-state index contributed by atoms with van der Waals surface area (Å²) in [7, 11) is 0. The van der Waals surface area contributed by atoms with E-state index in [1.54, 1.807) is 12.1 Å². The van der Waals surface area contributed by atoms with Crippen molar-refractivity contribution in [3.05, 3.63) is 47.5 Å². The van der Waals surface area contributed by atoms with Gasteiger partial charge in [-0.2, -0.15) is 4.99 Å². The normalized spacial score (nSPS) is 19.6. The molecule has 8 heteroatoms. The lowest BCUT2D eigenvalue weighted by atomic mass is 9.87. The summed E-state index contributed by atoms with van der Waals surface area (Å²) in [4.78, 5) is 23.8. The number of fused-ring (bicyclic) bond motifs is 2. The Balaban J connectivity index is 1.57. The van der Waals surface area contributed by atoms with Crippen LogP contribution >= 0.6 is 0 Å². The van der Waals surface area contributed by atoms with Crippen LogP contribution in [0.2, 0.25) is 0 Å². The maximum atomic E-state index is 13.0. The van der Waals surface area contributed by atoms with Gasteiger partial charge < -0.3 is 21.5 Å². The monoisotopic (exact) mass is 404 g/mol. The second-order valence-corrected chi connectivity index (χ2v) is 8.05. The van der Waals surface area contributed by atoms with E-state index in [4.69, 9.17) is 21.2 Å². The highest BCUT2D eigenvalue weighted by Gasteiger charge is 2.43. The molecular weight excluding hydrogens is 380 g/mol. The van der Waals surface area contributed by atoms with Gasteiger partial charge >= 0.3 is 0 Å². The molecule has 1 amide bonds. The largest absolute Gasteiger partial charge is 0.454 e. The van der Waals surface area contributed by atoms with Crippen molar-refractivity contribution in [2.75, 3.05) is 10.2 Å². The van der Waals surface area contributed by atoms with Crippen LogP contribution in [-0.2, 0) is 0 Å². The molecule has 0 radical (unpaired) electrons. The van der Waals surface area contributed by atoms with Gasteiger partial charge in [0, 0.05) is 5.69 Å². The molecule has 154 valence electrons. The van der Waals surface area contributed by atoms with Crippen molar-refractivity contribution in [2.24, 2.45) is 21.5 Å². The quantitative estimate of drug-likeness (QED) is 0.673. The third-order valence-corrected chi connectivity index (χ3v) is 5.92. The molecule has 0 unspecified atom stereocenters. The van der Waals surface area contributed by atoms with Gasteiger partial charge in [0.25, 0.3) is 5.91 Å². The number of guanidine groups is 2. The Kier molecular flexibility index (Phi) is 4.16. The predicted octanol–water partition coefficient (Wildman–Crippen LogP) is 3.46. The third-order valence-electron chi connectivity index (χ3n) is 5.92. The van der Waals surface area contributed by atoms with E-state index in [0.29, 0.717) is 28.7 Å². The second-order valence-electron chi connectivity index (χ2n) is 8.05. The molecule has 1 aliphatic carbocycles. The molecule has 0 saturated heterocycles. The number of hydrogen-bond donors (Lipinski definition) is 3. The Labute approximate surface area is 174 Å². The highest BCUT2D eigenvalue weighted by molar-refractivity contribution is 6.10. The number of nitrogens with two attached hydrogens (primary N) is 2. The van der Waals surface area contributed by atoms with Crippen molar-refractivity contribution in [2.45, 2.75) is 44.7 Å². The van der Waals surface area contributed by atoms with Gasteiger partial charge in [-0.25, -0.2) is 4.99 Å². The van der Waals surface area contributed by atoms with Gasteiger partial charge in [0.15, 0.2) is 5.75 Å². The fourth-order valence-corrected chi connectivity index (χ4v) is 4.56. The van der Waals surface area contributed by atoms with Crippen molar-refractivity contribution in [1.29, 1.82) is 0 Å². The summed E-state index contributed by atoms with van der Waals surface area (Å²) in [6.45, 7) is 1.97. The summed E-state index contributed by atoms with van der Waals surface area (Å²) in [5.74, 6) is 1.36. The number of aryl methyl sites for hydroxylation is 1. The number of hydrogen-bond acceptors (Lipinski definition) is 7. The number of aliphatic imine (C=N–C) groups is 2. The highest BCUT2D eigenvalue weighted by atomic mass is 16.5. The Morgan fingerprint density at radius 3 is 2.63 bits per heavy atom. The van der Waals surface area contributed by atoms with Crippen molar-refractivity contribution < 1.29 is 9.53 Å². The van der Waals surface area contributed by atoms with E-state index in [2.05, 4.69) is 10.3 Å². The molecule has 5 N–H and O–H groups in total. The van der Waals surface area contributed by atoms with Crippen LogP contribution in [0.4, 0.5) is 11.4 Å². The van der Waals surface area contributed by atoms with Gasteiger partial charge in [-0.05, 0) is 68.5 Å². The zero-order valence-electron chi connectivity index (χ0n) is 16.8. The van der Waals surface area contributed by atoms with Crippen LogP contribution in [0, 0.1) is 6.92 Å². The van der Waals surface area contributed by atoms with Crippen LogP contribution in [0.1, 0.15) is 48.0 Å². The topological polar surface area (TPSA) is 118 Å². The maximum absolute atomic E-state index is 13.0. The number of benzene rings is 2. The summed E-state index contributed by atoms with van der Waals surface area (Å²) < 4.78 is 6.04. The molecule has 1 fully saturated rings. The molecular formula is C22H24N6O2. The Morgan fingerprint density at radius 2 is 1.83 bits per heavy atom. The van der Waals surface area contributed by atoms with E-state index in [-0.39, 0.29) is 11.9 Å². The Bertz CT molecular complexity index is 1100. The number of nitrogens with one attached hydrogen (secondary N) is 1. The first-order valence-corrected chi connectivity index (χ1v) is 10.2. The number of anilines is 2. The minimum atomic E-state index is -0.565. The van der Waals surface area contributed by atoms with E-state index < -0.39 is 5.66 Å². The minimum absolute atomic E-state index is 0.201. The third kappa shape index (κ3) is 2.96. The summed E-state index contributed by atoms with van der Waals surface area (Å²) in [5, 5.41) is 2.95. The smallest absolute Gasteiger partial charge is 0.259 e. The van der Waals surface area contributed by atoms with Gasteiger partial charge in [0.1, 0.15) is 11.4 Å². The lowest BCUT2D eigenvalue weighted by Gasteiger charge is -2.45. The van der Waals surface area contributed by atoms with Crippen LogP contribution in [0.3, 0.4) is 0 Å². The first kappa shape index (κ1) is 18.5. The number of rotatable bonds is 1. The van der Waals surface area contributed by atoms with Gasteiger partial charge in [0.2, 0.25) is 11.9 Å². The van der Waals surface area contributed by atoms with E-state index in [1.807, 2.05) is 36.1 Å². The van der Waals surface area contributed by atoms with Gasteiger partial charge in [-0.15, -0.1) is 0 Å². The maximum Gasteiger partial charge on any atom is 0.259 e. The van der Waals surface area contributed by atoms with Gasteiger partial charge in [-0.3, -0.25) is 9.69 Å². The van der Waals surface area contributed by atoms with E-state index in [9.17, 15) is 4.79 Å². The average molecular weight is 404 g/mol. The van der Waals surface area contributed by atoms with Crippen LogP contribution in [-0.4, -0.2) is 23.5 Å². The molecule has 3 aliphatic rings. The standard InChI is InChI=1S/C22H24N6O2/c1-13-5-7-18-16(11-13)25-19(29)15-12-14(6-8-17(15)30-18)28-21(24)26-20(23)27-22(28)9-3-2-4-10-22/h5-8,11-12H,2-4,9-10H2,1H3,(H,25,29)(H4,23,24,26,27). The minimum Gasteiger partial charge on any atom is -0.454 e. The Hall–Kier alpha value is -3.55. The van der Waals surface area contributed by atoms with Gasteiger partial charge in [-0.1, -0.05) is 12.5 Å². The first-order valence-electron chi connectivity index (χ1n) is 10.2. The number of ether oxygens (including phenoxy) is 1. The number of nitrogens with zero attached hydrogens (tertiary/aromatic N) is 3. The molecule has 0 bridgehead atoms. The van der Waals surface area contributed by atoms with Crippen molar-refractivity contribution in [1.82, 2.24) is 0 Å². The van der Waals surface area contributed by atoms with Crippen molar-refractivity contribution >= 4 is 29.2 Å². The molecule has 30 heavy (non-hydrogen) atoms. The molecule has 1 saturated carbocycles. The van der Waals surface area contributed by atoms with Crippen LogP contribution in [0.25, 0.3) is 0 Å². The van der Waals surface area contributed by atoms with Gasteiger partial charge in [0.05, 0.1) is 11.3 Å². The molecule has 2 heterocycles. The SMILES string of the molecule is Cc1ccc2c(c1)NC(=O)c1cc(N3C(N)=NC(N)=NC34CCCCC4)ccc1O2. The molecule has 2 aromatic rings. The van der Waals surface area contributed by atoms with E-state index in [0.717, 1.165) is 43.4 Å². The molecule has 0 aromatic heterocycles. The molecule has 2 aromatic carbocycles. The molecule has 0 atom stereocenters. The zero-order chi connectivity index (χ0) is 20.9. The van der Waals surface area contributed by atoms with Crippen molar-refractivity contribution in [3.63, 3.8) is 0 Å². The first-order chi connectivity index (χ1) is 14.4. The lowest BCUT2D eigenvalue weighted by molar-refractivity contribution is 0.102. The fraction of sp³-hybridized carbons (Fsp3) is 0.318. The molecule has 2 aliphatic heterocycles. The zero-order valence-corrected chi connectivity index (χ0v) is 16.8. The van der Waals surface area contributed by atoms with Crippen LogP contribution in [0.15, 0.2) is 46.4 Å². The number of amides is 1. The summed E-state index contributed by atoms with van der Waals surface area (Å²) in [6.07, 6.45) is 4.87. The summed E-state index contributed by atoms with van der Waals surface area (Å²) in [5.41, 5.74) is 14.6. The van der Waals surface area contributed by atoms with Crippen LogP contribution in [0.5, 0.6) is 11.5 Å². The molecule has 8 nitrogen and oxygen atoms in total. The van der Waals surface area contributed by atoms with E-state index >= 15 is 0 Å². The fourth-order valence-electron chi connectivity index (χ4n) is 4.56. The Morgan fingerprint density at radius 1 is 1.07 bits per heavy atom. The summed E-state index contributed by atoms with van der Waals surface area (Å²) in [6, 6.07) is 11.2. The van der Waals surface area contributed by atoms with Crippen molar-refractivity contribution in [3.8, 4) is 11.5 Å². The lowest BCUT2D eigenvalue weighted by Crippen LogP contribution is -2.58. The second kappa shape index (κ2) is 6.76. The van der Waals surface area contributed by atoms with E-state index in [1.165, 1.54) is 0 Å². The predicted molar refractivity (Wildman–Crippen MR) is 117 cm³/mol.